The van der Waals surface area contributed by atoms with Crippen molar-refractivity contribution >= 4 is 54.8 Å². The van der Waals surface area contributed by atoms with E-state index < -0.39 is 0 Å². The molecule has 0 saturated heterocycles. The second-order valence-corrected chi connectivity index (χ2v) is 7.69. The minimum atomic E-state index is -0.0810. The smallest absolute Gasteiger partial charge is 0.0931 e. The lowest BCUT2D eigenvalue weighted by Crippen LogP contribution is -1.94. The Kier molecular flexibility index (Phi) is 4.35. The number of benzene rings is 1. The molecular formula is C13H11Br2ClS. The SMILES string of the molecule is Cc1ccc(C)c(C(Cl)c2cc(Br)c(Br)s2)c1. The van der Waals surface area contributed by atoms with Gasteiger partial charge in [0.25, 0.3) is 0 Å². The summed E-state index contributed by atoms with van der Waals surface area (Å²) >= 11 is 15.2. The van der Waals surface area contributed by atoms with Gasteiger partial charge in [-0.3, -0.25) is 0 Å². The van der Waals surface area contributed by atoms with Crippen LogP contribution in [-0.4, -0.2) is 0 Å². The van der Waals surface area contributed by atoms with Crippen LogP contribution in [0.1, 0.15) is 26.9 Å². The molecule has 4 heteroatoms. The third kappa shape index (κ3) is 2.95. The Morgan fingerprint density at radius 3 is 2.47 bits per heavy atom. The zero-order valence-corrected chi connectivity index (χ0v) is 14.2. The van der Waals surface area contributed by atoms with Crippen molar-refractivity contribution in [1.82, 2.24) is 0 Å². The standard InChI is InChI=1S/C13H11Br2ClS/c1-7-3-4-8(2)9(5-7)12(16)11-6-10(14)13(15)17-11/h3-6,12H,1-2H3. The quantitative estimate of drug-likeness (QED) is 0.531. The van der Waals surface area contributed by atoms with Crippen LogP contribution < -0.4 is 0 Å². The van der Waals surface area contributed by atoms with Gasteiger partial charge in [-0.2, -0.15) is 0 Å². The van der Waals surface area contributed by atoms with Gasteiger partial charge in [0.2, 0.25) is 0 Å². The maximum Gasteiger partial charge on any atom is 0.0931 e. The molecule has 0 aliphatic rings. The highest BCUT2D eigenvalue weighted by Gasteiger charge is 2.17. The largest absolute Gasteiger partial charge is 0.130 e. The zero-order valence-electron chi connectivity index (χ0n) is 9.43. The molecule has 0 saturated carbocycles. The summed E-state index contributed by atoms with van der Waals surface area (Å²) in [6.45, 7) is 4.19. The molecule has 1 heterocycles. The molecule has 0 aliphatic heterocycles. The first-order valence-corrected chi connectivity index (χ1v) is 7.99. The van der Waals surface area contributed by atoms with Crippen molar-refractivity contribution in [2.45, 2.75) is 19.2 Å². The Hall–Kier alpha value is 0.170. The van der Waals surface area contributed by atoms with Gasteiger partial charge in [-0.1, -0.05) is 23.8 Å². The summed E-state index contributed by atoms with van der Waals surface area (Å²) in [6, 6.07) is 8.48. The van der Waals surface area contributed by atoms with E-state index in [0.29, 0.717) is 0 Å². The Balaban J connectivity index is 2.42. The highest BCUT2D eigenvalue weighted by Crippen LogP contribution is 2.41. The van der Waals surface area contributed by atoms with Gasteiger partial charge in [0.05, 0.1) is 9.16 Å². The molecule has 0 fully saturated rings. The van der Waals surface area contributed by atoms with Crippen molar-refractivity contribution in [2.24, 2.45) is 0 Å². The molecule has 1 aromatic heterocycles. The number of halogens is 3. The van der Waals surface area contributed by atoms with Crippen molar-refractivity contribution in [3.05, 3.63) is 54.1 Å². The number of hydrogen-bond acceptors (Lipinski definition) is 1. The van der Waals surface area contributed by atoms with Gasteiger partial charge in [-0.25, -0.2) is 0 Å². The Morgan fingerprint density at radius 2 is 1.88 bits per heavy atom. The van der Waals surface area contributed by atoms with Gasteiger partial charge in [0, 0.05) is 9.35 Å². The maximum absolute atomic E-state index is 6.56. The molecule has 2 rings (SSSR count). The monoisotopic (exact) mass is 392 g/mol. The fraction of sp³-hybridized carbons (Fsp3) is 0.231. The molecule has 17 heavy (non-hydrogen) atoms. The third-order valence-electron chi connectivity index (χ3n) is 2.62. The van der Waals surface area contributed by atoms with E-state index in [0.717, 1.165) is 13.1 Å². The van der Waals surface area contributed by atoms with Crippen LogP contribution in [-0.2, 0) is 0 Å². The number of thiophene rings is 1. The van der Waals surface area contributed by atoms with E-state index >= 15 is 0 Å². The summed E-state index contributed by atoms with van der Waals surface area (Å²) in [4.78, 5) is 1.15. The molecular weight excluding hydrogens is 383 g/mol. The first kappa shape index (κ1) is 13.6. The first-order chi connectivity index (χ1) is 7.99. The topological polar surface area (TPSA) is 0 Å². The predicted octanol–water partition coefficient (Wildman–Crippen LogP) is 6.22. The third-order valence-corrected chi connectivity index (χ3v) is 6.54. The summed E-state index contributed by atoms with van der Waals surface area (Å²) in [6.07, 6.45) is 0. The molecule has 0 radical (unpaired) electrons. The lowest BCUT2D eigenvalue weighted by atomic mass is 10.0. The van der Waals surface area contributed by atoms with Gasteiger partial charge < -0.3 is 0 Å². The number of rotatable bonds is 2. The summed E-state index contributed by atoms with van der Waals surface area (Å²) in [5.74, 6) is 0. The average molecular weight is 395 g/mol. The summed E-state index contributed by atoms with van der Waals surface area (Å²) in [5.41, 5.74) is 3.66. The molecule has 1 atom stereocenters. The van der Waals surface area contributed by atoms with Crippen molar-refractivity contribution in [2.75, 3.05) is 0 Å². The van der Waals surface area contributed by atoms with Crippen LogP contribution in [0, 0.1) is 13.8 Å². The molecule has 0 N–H and O–H groups in total. The molecule has 1 aromatic carbocycles. The van der Waals surface area contributed by atoms with Gasteiger partial charge in [0.15, 0.2) is 0 Å². The molecule has 0 spiro atoms. The molecule has 1 unspecified atom stereocenters. The summed E-state index contributed by atoms with van der Waals surface area (Å²) in [7, 11) is 0. The van der Waals surface area contributed by atoms with Crippen LogP contribution >= 0.6 is 54.8 Å². The van der Waals surface area contributed by atoms with Gasteiger partial charge in [-0.05, 0) is 62.9 Å². The van der Waals surface area contributed by atoms with Crippen molar-refractivity contribution in [1.29, 1.82) is 0 Å². The molecule has 0 amide bonds. The zero-order chi connectivity index (χ0) is 12.6. The average Bonchev–Trinajstić information content (AvgIpc) is 2.62. The minimum Gasteiger partial charge on any atom is -0.130 e. The number of alkyl halides is 1. The molecule has 0 nitrogen and oxygen atoms in total. The Bertz CT molecular complexity index is 529. The van der Waals surface area contributed by atoms with E-state index in [9.17, 15) is 0 Å². The fourth-order valence-electron chi connectivity index (χ4n) is 1.67. The summed E-state index contributed by atoms with van der Waals surface area (Å²) < 4.78 is 2.15. The van der Waals surface area contributed by atoms with Crippen molar-refractivity contribution in [3.63, 3.8) is 0 Å². The second kappa shape index (κ2) is 5.43. The summed E-state index contributed by atoms with van der Waals surface area (Å²) in [5, 5.41) is -0.0810. The highest BCUT2D eigenvalue weighted by molar-refractivity contribution is 9.13. The predicted molar refractivity (Wildman–Crippen MR) is 83.3 cm³/mol. The molecule has 2 aromatic rings. The van der Waals surface area contributed by atoms with Crippen molar-refractivity contribution in [3.8, 4) is 0 Å². The number of aryl methyl sites for hydroxylation is 2. The van der Waals surface area contributed by atoms with Crippen LogP contribution in [0.15, 0.2) is 32.5 Å². The van der Waals surface area contributed by atoms with Crippen LogP contribution in [0.5, 0.6) is 0 Å². The van der Waals surface area contributed by atoms with E-state index in [1.807, 2.05) is 0 Å². The van der Waals surface area contributed by atoms with Crippen LogP contribution in [0.3, 0.4) is 0 Å². The lowest BCUT2D eigenvalue weighted by Gasteiger charge is -2.12. The Labute approximate surface area is 127 Å². The highest BCUT2D eigenvalue weighted by atomic mass is 79.9. The van der Waals surface area contributed by atoms with E-state index in [1.165, 1.54) is 16.7 Å². The normalized spacial score (nSPS) is 12.8. The van der Waals surface area contributed by atoms with Gasteiger partial charge in [0.1, 0.15) is 0 Å². The lowest BCUT2D eigenvalue weighted by molar-refractivity contribution is 1.13. The molecule has 0 aliphatic carbocycles. The minimum absolute atomic E-state index is 0.0810. The van der Waals surface area contributed by atoms with E-state index in [2.05, 4.69) is 70.0 Å². The van der Waals surface area contributed by atoms with Crippen molar-refractivity contribution < 1.29 is 0 Å². The van der Waals surface area contributed by atoms with Gasteiger partial charge >= 0.3 is 0 Å². The van der Waals surface area contributed by atoms with E-state index in [-0.39, 0.29) is 5.38 Å². The maximum atomic E-state index is 6.56. The van der Waals surface area contributed by atoms with Crippen LogP contribution in [0.2, 0.25) is 0 Å². The van der Waals surface area contributed by atoms with Gasteiger partial charge in [-0.15, -0.1) is 22.9 Å². The Morgan fingerprint density at radius 1 is 1.18 bits per heavy atom. The van der Waals surface area contributed by atoms with Crippen LogP contribution in [0.25, 0.3) is 0 Å². The molecule has 90 valence electrons. The first-order valence-electron chi connectivity index (χ1n) is 5.15. The fourth-order valence-corrected chi connectivity index (χ4v) is 4.19. The van der Waals surface area contributed by atoms with Crippen LogP contribution in [0.4, 0.5) is 0 Å². The van der Waals surface area contributed by atoms with E-state index in [4.69, 9.17) is 11.6 Å². The number of hydrogen-bond donors (Lipinski definition) is 0. The van der Waals surface area contributed by atoms with E-state index in [1.54, 1.807) is 11.3 Å². The second-order valence-electron chi connectivity index (χ2n) is 3.99. The molecule has 0 bridgehead atoms.